The Morgan fingerprint density at radius 3 is 2.16 bits per heavy atom. The van der Waals surface area contributed by atoms with E-state index in [-0.39, 0.29) is 16.6 Å². The summed E-state index contributed by atoms with van der Waals surface area (Å²) >= 11 is 6.20. The van der Waals surface area contributed by atoms with E-state index in [0.29, 0.717) is 22.6 Å². The Kier molecular flexibility index (Phi) is 5.79. The number of halogens is 1. The molecule has 7 heteroatoms. The zero-order valence-corrected chi connectivity index (χ0v) is 18.2. The lowest BCUT2D eigenvalue weighted by Crippen LogP contribution is -2.32. The van der Waals surface area contributed by atoms with Crippen molar-refractivity contribution in [1.82, 2.24) is 0 Å². The van der Waals surface area contributed by atoms with Gasteiger partial charge >= 0.3 is 0 Å². The highest BCUT2D eigenvalue weighted by molar-refractivity contribution is 6.53. The molecule has 0 atom stereocenters. The largest absolute Gasteiger partial charge is 0.350 e. The molecule has 0 saturated heterocycles. The van der Waals surface area contributed by atoms with Crippen LogP contribution in [-0.2, 0) is 9.59 Å². The number of anilines is 3. The van der Waals surface area contributed by atoms with Crippen molar-refractivity contribution in [2.45, 2.75) is 13.8 Å². The van der Waals surface area contributed by atoms with Crippen LogP contribution in [0, 0.1) is 13.8 Å². The fourth-order valence-corrected chi connectivity index (χ4v) is 3.50. The van der Waals surface area contributed by atoms with E-state index in [2.05, 4.69) is 10.6 Å². The molecule has 160 valence electrons. The van der Waals surface area contributed by atoms with Crippen LogP contribution in [-0.4, -0.2) is 17.7 Å². The average Bonchev–Trinajstić information content (AvgIpc) is 3.00. The minimum atomic E-state index is -0.582. The van der Waals surface area contributed by atoms with Gasteiger partial charge in [0.05, 0.1) is 5.69 Å². The molecule has 2 N–H and O–H groups in total. The fourth-order valence-electron chi connectivity index (χ4n) is 3.28. The van der Waals surface area contributed by atoms with Gasteiger partial charge in [0.15, 0.2) is 0 Å². The van der Waals surface area contributed by atoms with Gasteiger partial charge in [-0.25, -0.2) is 4.90 Å². The van der Waals surface area contributed by atoms with Gasteiger partial charge in [0, 0.05) is 16.9 Å². The molecule has 1 aliphatic heterocycles. The number of nitrogens with zero attached hydrogens (tertiary/aromatic N) is 1. The van der Waals surface area contributed by atoms with Crippen LogP contribution < -0.4 is 15.5 Å². The first-order valence-electron chi connectivity index (χ1n) is 9.94. The Balaban J connectivity index is 1.50. The van der Waals surface area contributed by atoms with Crippen LogP contribution in [0.5, 0.6) is 0 Å². The van der Waals surface area contributed by atoms with Crippen LogP contribution in [0.3, 0.4) is 0 Å². The summed E-state index contributed by atoms with van der Waals surface area (Å²) in [5, 5.41) is 5.54. The number of carbonyl (C=O) groups is 3. The number of hydrogen-bond acceptors (Lipinski definition) is 4. The molecule has 0 unspecified atom stereocenters. The first kappa shape index (κ1) is 21.3. The normalized spacial score (nSPS) is 13.5. The summed E-state index contributed by atoms with van der Waals surface area (Å²) in [7, 11) is 0. The number of aryl methyl sites for hydroxylation is 2. The minimum absolute atomic E-state index is 0.00335. The van der Waals surface area contributed by atoms with Gasteiger partial charge in [-0.15, -0.1) is 0 Å². The zero-order valence-electron chi connectivity index (χ0n) is 17.5. The lowest BCUT2D eigenvalue weighted by Gasteiger charge is -2.16. The van der Waals surface area contributed by atoms with Gasteiger partial charge in [-0.05, 0) is 73.5 Å². The molecular weight excluding hydrogens is 426 g/mol. The maximum atomic E-state index is 12.9. The number of carbonyl (C=O) groups excluding carboxylic acids is 3. The van der Waals surface area contributed by atoms with Gasteiger partial charge < -0.3 is 10.6 Å². The summed E-state index contributed by atoms with van der Waals surface area (Å²) in [5.41, 5.74) is 4.15. The molecule has 0 fully saturated rings. The van der Waals surface area contributed by atoms with Crippen LogP contribution in [0.15, 0.2) is 83.5 Å². The number of rotatable bonds is 5. The van der Waals surface area contributed by atoms with Crippen molar-refractivity contribution in [1.29, 1.82) is 0 Å². The molecule has 4 rings (SSSR count). The first-order chi connectivity index (χ1) is 15.3. The van der Waals surface area contributed by atoms with Crippen LogP contribution >= 0.6 is 11.6 Å². The van der Waals surface area contributed by atoms with Crippen molar-refractivity contribution >= 4 is 46.4 Å². The van der Waals surface area contributed by atoms with Crippen LogP contribution in [0.25, 0.3) is 0 Å². The van der Waals surface area contributed by atoms with Crippen molar-refractivity contribution in [3.8, 4) is 0 Å². The Hall–Kier alpha value is -3.90. The molecule has 0 bridgehead atoms. The SMILES string of the molecule is Cc1ccc(N2C(=O)C(Cl)=C(Nc3ccc(C(=O)Nc4ccccc4)cc3)C2=O)cc1C. The molecule has 0 radical (unpaired) electrons. The predicted octanol–water partition coefficient (Wildman–Crippen LogP) is 4.99. The average molecular weight is 446 g/mol. The summed E-state index contributed by atoms with van der Waals surface area (Å²) in [6.45, 7) is 3.86. The van der Waals surface area contributed by atoms with Crippen LogP contribution in [0.4, 0.5) is 17.1 Å². The highest BCUT2D eigenvalue weighted by Gasteiger charge is 2.39. The standard InChI is InChI=1S/C25H20ClN3O3/c1-15-8-13-20(14-16(15)2)29-24(31)21(26)22(25(29)32)27-19-11-9-17(10-12-19)23(30)28-18-6-4-3-5-7-18/h3-14,27H,1-2H3,(H,28,30). The predicted molar refractivity (Wildman–Crippen MR) is 126 cm³/mol. The summed E-state index contributed by atoms with van der Waals surface area (Å²) in [6, 6.07) is 21.0. The molecule has 0 aliphatic carbocycles. The summed E-state index contributed by atoms with van der Waals surface area (Å²) in [5.74, 6) is -1.37. The summed E-state index contributed by atoms with van der Waals surface area (Å²) < 4.78 is 0. The van der Waals surface area contributed by atoms with E-state index in [1.807, 2.05) is 38.1 Å². The van der Waals surface area contributed by atoms with Crippen LogP contribution in [0.2, 0.25) is 0 Å². The quantitative estimate of drug-likeness (QED) is 0.542. The second-order valence-electron chi connectivity index (χ2n) is 7.43. The van der Waals surface area contributed by atoms with E-state index in [0.717, 1.165) is 16.0 Å². The third kappa shape index (κ3) is 4.13. The minimum Gasteiger partial charge on any atom is -0.350 e. The third-order valence-electron chi connectivity index (χ3n) is 5.22. The first-order valence-corrected chi connectivity index (χ1v) is 10.3. The van der Waals surface area contributed by atoms with E-state index >= 15 is 0 Å². The van der Waals surface area contributed by atoms with Gasteiger partial charge in [-0.3, -0.25) is 14.4 Å². The number of imide groups is 1. The molecule has 3 amide bonds. The molecule has 0 saturated carbocycles. The van der Waals surface area contributed by atoms with Crippen molar-refractivity contribution in [2.75, 3.05) is 15.5 Å². The lowest BCUT2D eigenvalue weighted by molar-refractivity contribution is -0.120. The van der Waals surface area contributed by atoms with E-state index in [1.54, 1.807) is 48.5 Å². The number of amides is 3. The second-order valence-corrected chi connectivity index (χ2v) is 7.80. The topological polar surface area (TPSA) is 78.5 Å². The number of benzene rings is 3. The fraction of sp³-hybridized carbons (Fsp3) is 0.0800. The summed E-state index contributed by atoms with van der Waals surface area (Å²) in [6.07, 6.45) is 0. The molecule has 1 aliphatic rings. The van der Waals surface area contributed by atoms with Crippen molar-refractivity contribution in [3.63, 3.8) is 0 Å². The highest BCUT2D eigenvalue weighted by Crippen LogP contribution is 2.31. The molecule has 0 spiro atoms. The molecular formula is C25H20ClN3O3. The zero-order chi connectivity index (χ0) is 22.8. The number of hydrogen-bond donors (Lipinski definition) is 2. The number of para-hydroxylation sites is 1. The molecule has 1 heterocycles. The summed E-state index contributed by atoms with van der Waals surface area (Å²) in [4.78, 5) is 39.0. The number of nitrogens with one attached hydrogen (secondary N) is 2. The Labute approximate surface area is 190 Å². The third-order valence-corrected chi connectivity index (χ3v) is 5.57. The van der Waals surface area contributed by atoms with Gasteiger partial charge in [0.25, 0.3) is 17.7 Å². The van der Waals surface area contributed by atoms with E-state index in [9.17, 15) is 14.4 Å². The van der Waals surface area contributed by atoms with Gasteiger partial charge in [-0.1, -0.05) is 35.9 Å². The monoisotopic (exact) mass is 445 g/mol. The van der Waals surface area contributed by atoms with E-state index < -0.39 is 11.8 Å². The highest BCUT2D eigenvalue weighted by atomic mass is 35.5. The maximum absolute atomic E-state index is 12.9. The molecule has 0 aromatic heterocycles. The lowest BCUT2D eigenvalue weighted by atomic mass is 10.1. The van der Waals surface area contributed by atoms with Crippen LogP contribution in [0.1, 0.15) is 21.5 Å². The smallest absolute Gasteiger partial charge is 0.283 e. The Bertz CT molecular complexity index is 1250. The van der Waals surface area contributed by atoms with Crippen molar-refractivity contribution < 1.29 is 14.4 Å². The van der Waals surface area contributed by atoms with Crippen molar-refractivity contribution in [3.05, 3.63) is 100 Å². The van der Waals surface area contributed by atoms with Crippen molar-refractivity contribution in [2.24, 2.45) is 0 Å². The Morgan fingerprint density at radius 2 is 1.50 bits per heavy atom. The molecule has 6 nitrogen and oxygen atoms in total. The molecule has 3 aromatic carbocycles. The van der Waals surface area contributed by atoms with E-state index in [1.165, 1.54) is 0 Å². The van der Waals surface area contributed by atoms with Gasteiger partial charge in [-0.2, -0.15) is 0 Å². The maximum Gasteiger partial charge on any atom is 0.283 e. The molecule has 3 aromatic rings. The Morgan fingerprint density at radius 1 is 0.812 bits per heavy atom. The van der Waals surface area contributed by atoms with Gasteiger partial charge in [0.1, 0.15) is 10.7 Å². The second kappa shape index (κ2) is 8.69. The molecule has 32 heavy (non-hydrogen) atoms. The van der Waals surface area contributed by atoms with Gasteiger partial charge in [0.2, 0.25) is 0 Å². The van der Waals surface area contributed by atoms with E-state index in [4.69, 9.17) is 11.6 Å².